The normalized spacial score (nSPS) is 23.1. The van der Waals surface area contributed by atoms with Gasteiger partial charge in [-0.05, 0) is 24.6 Å². The molecular formula is C13H15FN2O2. The summed E-state index contributed by atoms with van der Waals surface area (Å²) in [6, 6.07) is 6.12. The second-order valence-electron chi connectivity index (χ2n) is 4.36. The summed E-state index contributed by atoms with van der Waals surface area (Å²) in [5.74, 6) is -0.441. The van der Waals surface area contributed by atoms with E-state index in [1.54, 1.807) is 24.1 Å². The third-order valence-corrected chi connectivity index (χ3v) is 3.31. The zero-order valence-electron chi connectivity index (χ0n) is 10.1. The first kappa shape index (κ1) is 12.8. The lowest BCUT2D eigenvalue weighted by Gasteiger charge is -2.25. The molecule has 1 aromatic rings. The van der Waals surface area contributed by atoms with Crippen LogP contribution in [0, 0.1) is 17.1 Å². The summed E-state index contributed by atoms with van der Waals surface area (Å²) in [5.41, 5.74) is 0.701. The maximum absolute atomic E-state index is 13.9. The van der Waals surface area contributed by atoms with Gasteiger partial charge in [-0.1, -0.05) is 0 Å². The molecule has 1 heterocycles. The Labute approximate surface area is 105 Å². The van der Waals surface area contributed by atoms with Crippen LogP contribution < -0.4 is 4.90 Å². The molecule has 96 valence electrons. The first-order chi connectivity index (χ1) is 8.69. The minimum Gasteiger partial charge on any atom is -0.394 e. The minimum atomic E-state index is -0.441. The highest BCUT2D eigenvalue weighted by molar-refractivity contribution is 5.53. The molecule has 0 saturated carbocycles. The Bertz CT molecular complexity index is 473. The lowest BCUT2D eigenvalue weighted by molar-refractivity contribution is 0.115. The topological polar surface area (TPSA) is 56.5 Å². The molecule has 18 heavy (non-hydrogen) atoms. The number of hydrogen-bond acceptors (Lipinski definition) is 4. The number of rotatable bonds is 3. The number of nitrogens with zero attached hydrogens (tertiary/aromatic N) is 2. The van der Waals surface area contributed by atoms with Crippen LogP contribution in [0.15, 0.2) is 18.2 Å². The van der Waals surface area contributed by atoms with Gasteiger partial charge in [-0.25, -0.2) is 4.39 Å². The number of nitriles is 1. The van der Waals surface area contributed by atoms with Crippen molar-refractivity contribution >= 4 is 5.69 Å². The number of halogens is 1. The lowest BCUT2D eigenvalue weighted by Crippen LogP contribution is -2.33. The number of aliphatic hydroxyl groups excluding tert-OH is 1. The van der Waals surface area contributed by atoms with E-state index in [2.05, 4.69) is 0 Å². The zero-order chi connectivity index (χ0) is 13.1. The summed E-state index contributed by atoms with van der Waals surface area (Å²) in [5, 5.41) is 18.0. The molecule has 0 spiro atoms. The van der Waals surface area contributed by atoms with E-state index in [0.717, 1.165) is 0 Å². The highest BCUT2D eigenvalue weighted by Gasteiger charge is 2.33. The van der Waals surface area contributed by atoms with Crippen molar-refractivity contribution in [3.8, 4) is 6.07 Å². The summed E-state index contributed by atoms with van der Waals surface area (Å²) >= 11 is 0. The lowest BCUT2D eigenvalue weighted by atomic mass is 10.1. The van der Waals surface area contributed by atoms with E-state index in [1.807, 2.05) is 6.07 Å². The molecule has 2 atom stereocenters. The summed E-state index contributed by atoms with van der Waals surface area (Å²) in [6.45, 7) is 0.504. The van der Waals surface area contributed by atoms with Gasteiger partial charge in [0, 0.05) is 13.7 Å². The SMILES string of the molecule is CO[C@H]1C[C@@H](CO)N(c2ccc(C#N)cc2F)C1. The molecule has 0 amide bonds. The monoisotopic (exact) mass is 250 g/mol. The molecule has 1 fully saturated rings. The van der Waals surface area contributed by atoms with Crippen LogP contribution in [0.25, 0.3) is 0 Å². The van der Waals surface area contributed by atoms with E-state index in [9.17, 15) is 9.50 Å². The molecule has 1 aromatic carbocycles. The number of methoxy groups -OCH3 is 1. The van der Waals surface area contributed by atoms with Crippen molar-refractivity contribution in [2.45, 2.75) is 18.6 Å². The first-order valence-corrected chi connectivity index (χ1v) is 5.79. The number of anilines is 1. The third-order valence-electron chi connectivity index (χ3n) is 3.31. The van der Waals surface area contributed by atoms with Crippen molar-refractivity contribution in [3.63, 3.8) is 0 Å². The second-order valence-corrected chi connectivity index (χ2v) is 4.36. The van der Waals surface area contributed by atoms with Gasteiger partial charge in [0.15, 0.2) is 0 Å². The summed E-state index contributed by atoms with van der Waals surface area (Å²) in [7, 11) is 1.61. The first-order valence-electron chi connectivity index (χ1n) is 5.79. The van der Waals surface area contributed by atoms with E-state index in [1.165, 1.54) is 6.07 Å². The summed E-state index contributed by atoms with van der Waals surface area (Å²) in [4.78, 5) is 1.80. The third kappa shape index (κ3) is 2.30. The van der Waals surface area contributed by atoms with E-state index in [0.29, 0.717) is 24.2 Å². The van der Waals surface area contributed by atoms with E-state index >= 15 is 0 Å². The molecule has 1 N–H and O–H groups in total. The fourth-order valence-electron chi connectivity index (χ4n) is 2.32. The zero-order valence-corrected chi connectivity index (χ0v) is 10.1. The van der Waals surface area contributed by atoms with Crippen molar-refractivity contribution in [2.75, 3.05) is 25.2 Å². The molecule has 0 unspecified atom stereocenters. The molecule has 0 aliphatic carbocycles. The van der Waals surface area contributed by atoms with Crippen LogP contribution in [0.5, 0.6) is 0 Å². The molecular weight excluding hydrogens is 235 g/mol. The summed E-state index contributed by atoms with van der Waals surface area (Å²) in [6.07, 6.45) is 0.670. The molecule has 0 bridgehead atoms. The molecule has 1 aliphatic rings. The molecule has 4 nitrogen and oxygen atoms in total. The van der Waals surface area contributed by atoms with Crippen LogP contribution >= 0.6 is 0 Å². The average Bonchev–Trinajstić information content (AvgIpc) is 2.81. The smallest absolute Gasteiger partial charge is 0.147 e. The number of benzene rings is 1. The van der Waals surface area contributed by atoms with E-state index < -0.39 is 5.82 Å². The Morgan fingerprint density at radius 2 is 2.39 bits per heavy atom. The Morgan fingerprint density at radius 1 is 1.61 bits per heavy atom. The fourth-order valence-corrected chi connectivity index (χ4v) is 2.32. The van der Waals surface area contributed by atoms with Crippen LogP contribution in [-0.2, 0) is 4.74 Å². The van der Waals surface area contributed by atoms with Gasteiger partial charge in [0.2, 0.25) is 0 Å². The predicted octanol–water partition coefficient (Wildman–Crippen LogP) is 1.28. The highest BCUT2D eigenvalue weighted by Crippen LogP contribution is 2.29. The molecule has 5 heteroatoms. The maximum atomic E-state index is 13.9. The van der Waals surface area contributed by atoms with Crippen molar-refractivity contribution < 1.29 is 14.2 Å². The van der Waals surface area contributed by atoms with Crippen molar-refractivity contribution in [2.24, 2.45) is 0 Å². The quantitative estimate of drug-likeness (QED) is 0.878. The fraction of sp³-hybridized carbons (Fsp3) is 0.462. The standard InChI is InChI=1S/C13H15FN2O2/c1-18-11-5-10(8-17)16(7-11)13-3-2-9(6-15)4-12(13)14/h2-4,10-11,17H,5,7-8H2,1H3/t10-,11-/m0/s1. The van der Waals surface area contributed by atoms with Crippen molar-refractivity contribution in [1.29, 1.82) is 5.26 Å². The van der Waals surface area contributed by atoms with Gasteiger partial charge in [-0.2, -0.15) is 5.26 Å². The van der Waals surface area contributed by atoms with Crippen LogP contribution in [0.2, 0.25) is 0 Å². The van der Waals surface area contributed by atoms with Gasteiger partial charge in [-0.3, -0.25) is 0 Å². The van der Waals surface area contributed by atoms with Crippen LogP contribution in [0.1, 0.15) is 12.0 Å². The van der Waals surface area contributed by atoms with Gasteiger partial charge in [-0.15, -0.1) is 0 Å². The van der Waals surface area contributed by atoms with Crippen LogP contribution in [-0.4, -0.2) is 37.5 Å². The Hall–Kier alpha value is -1.64. The van der Waals surface area contributed by atoms with E-state index in [4.69, 9.17) is 10.00 Å². The number of aliphatic hydroxyl groups is 1. The number of hydrogen-bond donors (Lipinski definition) is 1. The Kier molecular flexibility index (Phi) is 3.80. The number of ether oxygens (including phenoxy) is 1. The van der Waals surface area contributed by atoms with Gasteiger partial charge in [0.25, 0.3) is 0 Å². The average molecular weight is 250 g/mol. The van der Waals surface area contributed by atoms with E-state index in [-0.39, 0.29) is 18.8 Å². The molecule has 1 aliphatic heterocycles. The predicted molar refractivity (Wildman–Crippen MR) is 64.7 cm³/mol. The van der Waals surface area contributed by atoms with Gasteiger partial charge in [0.1, 0.15) is 5.82 Å². The summed E-state index contributed by atoms with van der Waals surface area (Å²) < 4.78 is 19.2. The molecule has 0 aromatic heterocycles. The van der Waals surface area contributed by atoms with Crippen LogP contribution in [0.3, 0.4) is 0 Å². The highest BCUT2D eigenvalue weighted by atomic mass is 19.1. The Morgan fingerprint density at radius 3 is 2.94 bits per heavy atom. The van der Waals surface area contributed by atoms with Crippen LogP contribution in [0.4, 0.5) is 10.1 Å². The van der Waals surface area contributed by atoms with Gasteiger partial charge < -0.3 is 14.7 Å². The van der Waals surface area contributed by atoms with Gasteiger partial charge in [0.05, 0.1) is 36.1 Å². The molecule has 1 saturated heterocycles. The van der Waals surface area contributed by atoms with Crippen molar-refractivity contribution in [3.05, 3.63) is 29.6 Å². The van der Waals surface area contributed by atoms with Gasteiger partial charge >= 0.3 is 0 Å². The minimum absolute atomic E-state index is 0.00260. The van der Waals surface area contributed by atoms with Crippen molar-refractivity contribution in [1.82, 2.24) is 0 Å². The second kappa shape index (κ2) is 5.34. The largest absolute Gasteiger partial charge is 0.394 e. The molecule has 0 radical (unpaired) electrons. The maximum Gasteiger partial charge on any atom is 0.147 e. The Balaban J connectivity index is 2.28. The molecule has 2 rings (SSSR count).